The highest BCUT2D eigenvalue weighted by Crippen LogP contribution is 2.16. The summed E-state index contributed by atoms with van der Waals surface area (Å²) in [5.74, 6) is 0.282. The summed E-state index contributed by atoms with van der Waals surface area (Å²) < 4.78 is 5.07. The number of benzene rings is 2. The number of hydrogen-bond donors (Lipinski definition) is 3. The molecule has 1 unspecified atom stereocenters. The zero-order chi connectivity index (χ0) is 17.6. The third kappa shape index (κ3) is 4.36. The molecule has 1 atom stereocenters. The summed E-state index contributed by atoms with van der Waals surface area (Å²) in [5.41, 5.74) is 3.04. The van der Waals surface area contributed by atoms with Gasteiger partial charge in [-0.15, -0.1) is 0 Å². The van der Waals surface area contributed by atoms with Crippen molar-refractivity contribution in [3.05, 3.63) is 59.7 Å². The van der Waals surface area contributed by atoms with E-state index >= 15 is 0 Å². The van der Waals surface area contributed by atoms with Gasteiger partial charge in [0.2, 0.25) is 11.8 Å². The van der Waals surface area contributed by atoms with E-state index in [0.717, 1.165) is 5.75 Å². The largest absolute Gasteiger partial charge is 0.497 e. The van der Waals surface area contributed by atoms with Crippen LogP contribution in [0.4, 0.5) is 5.69 Å². The van der Waals surface area contributed by atoms with Crippen molar-refractivity contribution in [2.75, 3.05) is 19.0 Å². The first-order valence-corrected chi connectivity index (χ1v) is 8.17. The number of fused-ring (bicyclic) bond motifs is 1. The first-order chi connectivity index (χ1) is 12.2. The molecule has 3 rings (SSSR count). The van der Waals surface area contributed by atoms with Gasteiger partial charge < -0.3 is 20.7 Å². The fourth-order valence-electron chi connectivity index (χ4n) is 2.81. The van der Waals surface area contributed by atoms with Gasteiger partial charge in [-0.25, -0.2) is 0 Å². The van der Waals surface area contributed by atoms with Crippen LogP contribution in [0.25, 0.3) is 0 Å². The SMILES string of the molecule is COc1ccc(NC(=O)CNC(=O)C2Cc3ccccc3CN2)cc1. The molecular formula is C19H21N3O3. The average Bonchev–Trinajstić information content (AvgIpc) is 2.66. The normalized spacial score (nSPS) is 15.8. The fraction of sp³-hybridized carbons (Fsp3) is 0.263. The van der Waals surface area contributed by atoms with Crippen LogP contribution in [0.3, 0.4) is 0 Å². The molecule has 25 heavy (non-hydrogen) atoms. The van der Waals surface area contributed by atoms with Crippen LogP contribution < -0.4 is 20.7 Å². The molecule has 0 spiro atoms. The van der Waals surface area contributed by atoms with Gasteiger partial charge in [-0.1, -0.05) is 24.3 Å². The van der Waals surface area contributed by atoms with Crippen molar-refractivity contribution >= 4 is 17.5 Å². The molecule has 3 N–H and O–H groups in total. The predicted octanol–water partition coefficient (Wildman–Crippen LogP) is 1.46. The van der Waals surface area contributed by atoms with Crippen LogP contribution in [0.1, 0.15) is 11.1 Å². The maximum absolute atomic E-state index is 12.3. The number of hydrogen-bond acceptors (Lipinski definition) is 4. The van der Waals surface area contributed by atoms with Crippen molar-refractivity contribution in [3.63, 3.8) is 0 Å². The Kier molecular flexibility index (Phi) is 5.30. The van der Waals surface area contributed by atoms with E-state index in [9.17, 15) is 9.59 Å². The van der Waals surface area contributed by atoms with Crippen LogP contribution in [0.5, 0.6) is 5.75 Å². The molecule has 2 aromatic carbocycles. The summed E-state index contributed by atoms with van der Waals surface area (Å²) >= 11 is 0. The van der Waals surface area contributed by atoms with Crippen molar-refractivity contribution in [1.82, 2.24) is 10.6 Å². The third-order valence-electron chi connectivity index (χ3n) is 4.19. The molecule has 0 fully saturated rings. The maximum Gasteiger partial charge on any atom is 0.243 e. The van der Waals surface area contributed by atoms with Gasteiger partial charge in [-0.2, -0.15) is 0 Å². The molecule has 2 aromatic rings. The molecule has 6 nitrogen and oxygen atoms in total. The Hall–Kier alpha value is -2.86. The van der Waals surface area contributed by atoms with E-state index in [1.54, 1.807) is 31.4 Å². The molecule has 0 saturated carbocycles. The first kappa shape index (κ1) is 17.0. The van der Waals surface area contributed by atoms with Gasteiger partial charge in [0, 0.05) is 12.2 Å². The van der Waals surface area contributed by atoms with Crippen LogP contribution in [0.15, 0.2) is 48.5 Å². The van der Waals surface area contributed by atoms with Gasteiger partial charge in [0.1, 0.15) is 5.75 Å². The summed E-state index contributed by atoms with van der Waals surface area (Å²) in [5, 5.41) is 8.63. The van der Waals surface area contributed by atoms with E-state index in [4.69, 9.17) is 4.74 Å². The molecule has 0 saturated heterocycles. The second-order valence-electron chi connectivity index (χ2n) is 5.90. The molecule has 2 amide bonds. The van der Waals surface area contributed by atoms with Gasteiger partial charge in [0.05, 0.1) is 19.7 Å². The van der Waals surface area contributed by atoms with E-state index in [0.29, 0.717) is 18.7 Å². The van der Waals surface area contributed by atoms with E-state index in [1.807, 2.05) is 18.2 Å². The Bertz CT molecular complexity index is 759. The van der Waals surface area contributed by atoms with Crippen molar-refractivity contribution < 1.29 is 14.3 Å². The number of rotatable bonds is 5. The Balaban J connectivity index is 1.48. The number of carbonyl (C=O) groups excluding carboxylic acids is 2. The standard InChI is InChI=1S/C19H21N3O3/c1-25-16-8-6-15(7-9-16)22-18(23)12-21-19(24)17-10-13-4-2-3-5-14(13)11-20-17/h2-9,17,20H,10-12H2,1H3,(H,21,24)(H,22,23). The Morgan fingerprint density at radius 2 is 1.84 bits per heavy atom. The number of amides is 2. The van der Waals surface area contributed by atoms with Gasteiger partial charge in [-0.3, -0.25) is 9.59 Å². The number of methoxy groups -OCH3 is 1. The van der Waals surface area contributed by atoms with Crippen LogP contribution in [-0.2, 0) is 22.6 Å². The molecule has 130 valence electrons. The van der Waals surface area contributed by atoms with Crippen LogP contribution in [0.2, 0.25) is 0 Å². The summed E-state index contributed by atoms with van der Waals surface area (Å²) in [6, 6.07) is 14.8. The number of anilines is 1. The second kappa shape index (κ2) is 7.81. The van der Waals surface area contributed by atoms with E-state index in [-0.39, 0.29) is 24.4 Å². The number of ether oxygens (including phenoxy) is 1. The summed E-state index contributed by atoms with van der Waals surface area (Å²) in [6.07, 6.45) is 0.627. The predicted molar refractivity (Wildman–Crippen MR) is 95.4 cm³/mol. The fourth-order valence-corrected chi connectivity index (χ4v) is 2.81. The van der Waals surface area contributed by atoms with E-state index in [1.165, 1.54) is 11.1 Å². The molecule has 1 aliphatic rings. The zero-order valence-corrected chi connectivity index (χ0v) is 14.0. The van der Waals surface area contributed by atoms with Crippen LogP contribution >= 0.6 is 0 Å². The highest BCUT2D eigenvalue weighted by atomic mass is 16.5. The minimum absolute atomic E-state index is 0.0648. The Morgan fingerprint density at radius 1 is 1.12 bits per heavy atom. The lowest BCUT2D eigenvalue weighted by molar-refractivity contribution is -0.125. The first-order valence-electron chi connectivity index (χ1n) is 8.17. The third-order valence-corrected chi connectivity index (χ3v) is 4.19. The smallest absolute Gasteiger partial charge is 0.243 e. The number of carbonyl (C=O) groups is 2. The Labute approximate surface area is 146 Å². The van der Waals surface area contributed by atoms with E-state index < -0.39 is 0 Å². The molecule has 0 bridgehead atoms. The van der Waals surface area contributed by atoms with Gasteiger partial charge >= 0.3 is 0 Å². The molecule has 0 aromatic heterocycles. The molecular weight excluding hydrogens is 318 g/mol. The quantitative estimate of drug-likeness (QED) is 0.771. The monoisotopic (exact) mass is 339 g/mol. The minimum Gasteiger partial charge on any atom is -0.497 e. The molecule has 6 heteroatoms. The van der Waals surface area contributed by atoms with Crippen molar-refractivity contribution in [2.24, 2.45) is 0 Å². The zero-order valence-electron chi connectivity index (χ0n) is 14.0. The molecule has 1 aliphatic heterocycles. The lowest BCUT2D eigenvalue weighted by Gasteiger charge is -2.25. The second-order valence-corrected chi connectivity index (χ2v) is 5.90. The molecule has 0 aliphatic carbocycles. The van der Waals surface area contributed by atoms with Gasteiger partial charge in [0.25, 0.3) is 0 Å². The lowest BCUT2D eigenvalue weighted by atomic mass is 9.95. The molecule has 1 heterocycles. The highest BCUT2D eigenvalue weighted by Gasteiger charge is 2.23. The summed E-state index contributed by atoms with van der Waals surface area (Å²) in [4.78, 5) is 24.3. The molecule has 0 radical (unpaired) electrons. The van der Waals surface area contributed by atoms with Crippen molar-refractivity contribution in [2.45, 2.75) is 19.0 Å². The van der Waals surface area contributed by atoms with Crippen molar-refractivity contribution in [1.29, 1.82) is 0 Å². The van der Waals surface area contributed by atoms with Crippen LogP contribution in [0, 0.1) is 0 Å². The van der Waals surface area contributed by atoms with Gasteiger partial charge in [0.15, 0.2) is 0 Å². The summed E-state index contributed by atoms with van der Waals surface area (Å²) in [6.45, 7) is 0.594. The highest BCUT2D eigenvalue weighted by molar-refractivity contribution is 5.95. The summed E-state index contributed by atoms with van der Waals surface area (Å²) in [7, 11) is 1.58. The van der Waals surface area contributed by atoms with Gasteiger partial charge in [-0.05, 0) is 41.8 Å². The minimum atomic E-state index is -0.316. The van der Waals surface area contributed by atoms with E-state index in [2.05, 4.69) is 22.0 Å². The topological polar surface area (TPSA) is 79.5 Å². The van der Waals surface area contributed by atoms with Crippen molar-refractivity contribution in [3.8, 4) is 5.75 Å². The lowest BCUT2D eigenvalue weighted by Crippen LogP contribution is -2.49. The van der Waals surface area contributed by atoms with Crippen LogP contribution in [-0.4, -0.2) is 31.5 Å². The maximum atomic E-state index is 12.3. The Morgan fingerprint density at radius 3 is 2.56 bits per heavy atom. The average molecular weight is 339 g/mol. The number of nitrogens with one attached hydrogen (secondary N) is 3.